The highest BCUT2D eigenvalue weighted by molar-refractivity contribution is 7.11. The summed E-state index contributed by atoms with van der Waals surface area (Å²) in [6.45, 7) is 3.57. The molecule has 5 heteroatoms. The third-order valence-electron chi connectivity index (χ3n) is 5.00. The Labute approximate surface area is 163 Å². The number of aryl methyl sites for hydroxylation is 1. The van der Waals surface area contributed by atoms with Crippen LogP contribution in [0.3, 0.4) is 0 Å². The van der Waals surface area contributed by atoms with E-state index >= 15 is 0 Å². The summed E-state index contributed by atoms with van der Waals surface area (Å²) in [5.41, 5.74) is 3.14. The van der Waals surface area contributed by atoms with Crippen molar-refractivity contribution in [2.75, 3.05) is 13.1 Å². The van der Waals surface area contributed by atoms with Crippen molar-refractivity contribution in [1.82, 2.24) is 15.1 Å². The van der Waals surface area contributed by atoms with Crippen molar-refractivity contribution in [3.63, 3.8) is 0 Å². The first-order valence-electron chi connectivity index (χ1n) is 9.41. The fraction of sp³-hybridized carbons (Fsp3) is 0.318. The molecule has 1 atom stereocenters. The summed E-state index contributed by atoms with van der Waals surface area (Å²) in [6.07, 6.45) is 2.89. The molecule has 138 valence electrons. The summed E-state index contributed by atoms with van der Waals surface area (Å²) < 4.78 is 0. The number of hydrogen-bond acceptors (Lipinski definition) is 4. The molecule has 27 heavy (non-hydrogen) atoms. The second kappa shape index (κ2) is 8.01. The molecule has 1 unspecified atom stereocenters. The Morgan fingerprint density at radius 3 is 2.81 bits per heavy atom. The zero-order valence-corrected chi connectivity index (χ0v) is 16.3. The largest absolute Gasteiger partial charge is 0.338 e. The van der Waals surface area contributed by atoms with E-state index in [9.17, 15) is 4.79 Å². The first kappa shape index (κ1) is 17.9. The Morgan fingerprint density at radius 2 is 2.00 bits per heavy atom. The van der Waals surface area contributed by atoms with Crippen LogP contribution < -0.4 is 0 Å². The van der Waals surface area contributed by atoms with Gasteiger partial charge in [-0.25, -0.2) is 0 Å². The molecule has 0 bridgehead atoms. The molecule has 0 spiro atoms. The molecule has 2 heterocycles. The summed E-state index contributed by atoms with van der Waals surface area (Å²) in [6, 6.07) is 18.2. The van der Waals surface area contributed by atoms with Crippen LogP contribution >= 0.6 is 11.3 Å². The first-order chi connectivity index (χ1) is 13.2. The number of likely N-dealkylation sites (tertiary alicyclic amines) is 1. The van der Waals surface area contributed by atoms with Crippen molar-refractivity contribution in [2.45, 2.75) is 32.1 Å². The van der Waals surface area contributed by atoms with Crippen molar-refractivity contribution in [3.05, 3.63) is 81.3 Å². The molecular formula is C22H23N3OS. The third-order valence-corrected chi connectivity index (χ3v) is 6.09. The van der Waals surface area contributed by atoms with Crippen molar-refractivity contribution in [2.24, 2.45) is 0 Å². The number of piperidine rings is 1. The molecule has 0 saturated carbocycles. The third kappa shape index (κ3) is 4.25. The van der Waals surface area contributed by atoms with Gasteiger partial charge in [0.25, 0.3) is 5.91 Å². The van der Waals surface area contributed by atoms with Gasteiger partial charge in [0, 0.05) is 31.0 Å². The lowest BCUT2D eigenvalue weighted by molar-refractivity contribution is 0.0706. The average molecular weight is 378 g/mol. The van der Waals surface area contributed by atoms with Crippen LogP contribution in [-0.2, 0) is 6.42 Å². The Bertz CT molecular complexity index is 922. The highest BCUT2D eigenvalue weighted by atomic mass is 32.1. The normalized spacial score (nSPS) is 17.1. The monoisotopic (exact) mass is 377 g/mol. The number of rotatable bonds is 4. The predicted octanol–water partition coefficient (Wildman–Crippen LogP) is 4.46. The molecule has 1 aromatic heterocycles. The van der Waals surface area contributed by atoms with Crippen LogP contribution in [-0.4, -0.2) is 34.1 Å². The molecular weight excluding hydrogens is 354 g/mol. The molecule has 4 nitrogen and oxygen atoms in total. The summed E-state index contributed by atoms with van der Waals surface area (Å²) >= 11 is 1.69. The lowest BCUT2D eigenvalue weighted by atomic mass is 9.98. The fourth-order valence-electron chi connectivity index (χ4n) is 3.60. The molecule has 1 aliphatic rings. The SMILES string of the molecule is Cc1cccc(C(=O)N2CCCC(c3nnc(Cc4ccccc4)s3)C2)c1. The highest BCUT2D eigenvalue weighted by Crippen LogP contribution is 2.30. The average Bonchev–Trinajstić information content (AvgIpc) is 3.17. The number of carbonyl (C=O) groups is 1. The number of nitrogens with zero attached hydrogens (tertiary/aromatic N) is 3. The maximum atomic E-state index is 12.9. The number of aromatic nitrogens is 2. The molecule has 1 fully saturated rings. The van der Waals surface area contributed by atoms with Crippen LogP contribution in [0.25, 0.3) is 0 Å². The molecule has 1 saturated heterocycles. The smallest absolute Gasteiger partial charge is 0.253 e. The van der Waals surface area contributed by atoms with Gasteiger partial charge < -0.3 is 4.90 Å². The summed E-state index contributed by atoms with van der Waals surface area (Å²) in [5, 5.41) is 10.9. The Balaban J connectivity index is 1.45. The van der Waals surface area contributed by atoms with Gasteiger partial charge in [0.1, 0.15) is 10.0 Å². The molecule has 0 aliphatic carbocycles. The Kier molecular flexibility index (Phi) is 5.30. The van der Waals surface area contributed by atoms with Gasteiger partial charge in [0.15, 0.2) is 0 Å². The van der Waals surface area contributed by atoms with Gasteiger partial charge in [-0.15, -0.1) is 21.5 Å². The van der Waals surface area contributed by atoms with Crippen LogP contribution in [0.15, 0.2) is 54.6 Å². The fourth-order valence-corrected chi connectivity index (χ4v) is 4.60. The van der Waals surface area contributed by atoms with E-state index in [1.807, 2.05) is 54.3 Å². The number of carbonyl (C=O) groups excluding carboxylic acids is 1. The maximum Gasteiger partial charge on any atom is 0.253 e. The topological polar surface area (TPSA) is 46.1 Å². The number of hydrogen-bond donors (Lipinski definition) is 0. The zero-order chi connectivity index (χ0) is 18.6. The van der Waals surface area contributed by atoms with E-state index in [1.54, 1.807) is 11.3 Å². The van der Waals surface area contributed by atoms with Crippen LogP contribution in [0.2, 0.25) is 0 Å². The van der Waals surface area contributed by atoms with Crippen molar-refractivity contribution < 1.29 is 4.79 Å². The molecule has 4 rings (SSSR count). The van der Waals surface area contributed by atoms with Crippen LogP contribution in [0.5, 0.6) is 0 Å². The molecule has 1 amide bonds. The predicted molar refractivity (Wildman–Crippen MR) is 108 cm³/mol. The van der Waals surface area contributed by atoms with Crippen LogP contribution in [0.4, 0.5) is 0 Å². The van der Waals surface area contributed by atoms with Gasteiger partial charge in [-0.05, 0) is 37.5 Å². The molecule has 3 aromatic rings. The molecule has 1 aliphatic heterocycles. The minimum atomic E-state index is 0.123. The highest BCUT2D eigenvalue weighted by Gasteiger charge is 2.27. The van der Waals surface area contributed by atoms with E-state index < -0.39 is 0 Å². The Hall–Kier alpha value is -2.53. The second-order valence-corrected chi connectivity index (χ2v) is 8.25. The maximum absolute atomic E-state index is 12.9. The minimum Gasteiger partial charge on any atom is -0.338 e. The van der Waals surface area contributed by atoms with Crippen molar-refractivity contribution >= 4 is 17.2 Å². The molecule has 2 aromatic carbocycles. The van der Waals surface area contributed by atoms with Crippen molar-refractivity contribution in [1.29, 1.82) is 0 Å². The number of amides is 1. The Morgan fingerprint density at radius 1 is 1.15 bits per heavy atom. The van der Waals surface area contributed by atoms with E-state index in [-0.39, 0.29) is 11.8 Å². The minimum absolute atomic E-state index is 0.123. The summed E-state index contributed by atoms with van der Waals surface area (Å²) in [4.78, 5) is 14.8. The van der Waals surface area contributed by atoms with E-state index in [0.717, 1.165) is 53.5 Å². The standard InChI is InChI=1S/C22H23N3OS/c1-16-7-5-10-18(13-16)22(26)25-12-6-11-19(15-25)21-24-23-20(27-21)14-17-8-3-2-4-9-17/h2-5,7-10,13,19H,6,11-12,14-15H2,1H3. The zero-order valence-electron chi connectivity index (χ0n) is 15.5. The summed E-state index contributed by atoms with van der Waals surface area (Å²) in [7, 11) is 0. The van der Waals surface area contributed by atoms with Gasteiger partial charge in [0.05, 0.1) is 0 Å². The number of benzene rings is 2. The van der Waals surface area contributed by atoms with E-state index in [2.05, 4.69) is 22.3 Å². The second-order valence-electron chi connectivity index (χ2n) is 7.16. The van der Waals surface area contributed by atoms with E-state index in [1.165, 1.54) is 5.56 Å². The lowest BCUT2D eigenvalue weighted by Crippen LogP contribution is -2.39. The molecule has 0 N–H and O–H groups in total. The van der Waals surface area contributed by atoms with Gasteiger partial charge in [0.2, 0.25) is 0 Å². The van der Waals surface area contributed by atoms with Gasteiger partial charge in [-0.1, -0.05) is 48.0 Å². The molecule has 0 radical (unpaired) electrons. The van der Waals surface area contributed by atoms with Gasteiger partial charge >= 0.3 is 0 Å². The summed E-state index contributed by atoms with van der Waals surface area (Å²) in [5.74, 6) is 0.409. The first-order valence-corrected chi connectivity index (χ1v) is 10.2. The van der Waals surface area contributed by atoms with E-state index in [4.69, 9.17) is 0 Å². The quantitative estimate of drug-likeness (QED) is 0.674. The van der Waals surface area contributed by atoms with Gasteiger partial charge in [-0.3, -0.25) is 4.79 Å². The van der Waals surface area contributed by atoms with Gasteiger partial charge in [-0.2, -0.15) is 0 Å². The van der Waals surface area contributed by atoms with Crippen LogP contribution in [0, 0.1) is 6.92 Å². The van der Waals surface area contributed by atoms with E-state index in [0.29, 0.717) is 0 Å². The van der Waals surface area contributed by atoms with Crippen LogP contribution in [0.1, 0.15) is 50.3 Å². The van der Waals surface area contributed by atoms with Crippen molar-refractivity contribution in [3.8, 4) is 0 Å². The lowest BCUT2D eigenvalue weighted by Gasteiger charge is -2.31.